The fourth-order valence-corrected chi connectivity index (χ4v) is 2.66. The summed E-state index contributed by atoms with van der Waals surface area (Å²) in [7, 11) is 1.80. The third-order valence-corrected chi connectivity index (χ3v) is 4.24. The molecular formula is C20H33N3O2. The summed E-state index contributed by atoms with van der Waals surface area (Å²) in [6.07, 6.45) is 2.20. The van der Waals surface area contributed by atoms with Crippen molar-refractivity contribution in [3.8, 4) is 5.75 Å². The van der Waals surface area contributed by atoms with Gasteiger partial charge in [0.2, 0.25) is 0 Å². The monoisotopic (exact) mass is 347 g/mol. The predicted octanol–water partition coefficient (Wildman–Crippen LogP) is 3.26. The highest BCUT2D eigenvalue weighted by Gasteiger charge is 2.19. The summed E-state index contributed by atoms with van der Waals surface area (Å²) in [4.78, 5) is 4.31. The van der Waals surface area contributed by atoms with Crippen LogP contribution in [0.1, 0.15) is 44.7 Å². The zero-order chi connectivity index (χ0) is 18.3. The van der Waals surface area contributed by atoms with Gasteiger partial charge in [0.25, 0.3) is 0 Å². The van der Waals surface area contributed by atoms with Crippen LogP contribution in [0, 0.1) is 12.3 Å². The van der Waals surface area contributed by atoms with Crippen molar-refractivity contribution in [2.24, 2.45) is 10.4 Å². The molecule has 1 heterocycles. The maximum atomic E-state index is 6.15. The molecule has 2 N–H and O–H groups in total. The summed E-state index contributed by atoms with van der Waals surface area (Å²) in [5.41, 5.74) is 2.65. The van der Waals surface area contributed by atoms with Crippen LogP contribution in [0.15, 0.2) is 23.2 Å². The van der Waals surface area contributed by atoms with E-state index in [2.05, 4.69) is 61.5 Å². The Kier molecular flexibility index (Phi) is 7.12. The number of nitrogens with one attached hydrogen (secondary N) is 2. The van der Waals surface area contributed by atoms with Crippen molar-refractivity contribution in [3.63, 3.8) is 0 Å². The Morgan fingerprint density at radius 2 is 2.12 bits per heavy atom. The summed E-state index contributed by atoms with van der Waals surface area (Å²) in [5, 5.41) is 6.76. The van der Waals surface area contributed by atoms with Gasteiger partial charge in [-0.1, -0.05) is 32.9 Å². The number of benzene rings is 1. The first-order valence-corrected chi connectivity index (χ1v) is 9.16. The summed E-state index contributed by atoms with van der Waals surface area (Å²) in [6, 6.07) is 6.34. The molecule has 1 aliphatic rings. The van der Waals surface area contributed by atoms with Crippen molar-refractivity contribution >= 4 is 5.96 Å². The van der Waals surface area contributed by atoms with Crippen LogP contribution < -0.4 is 15.4 Å². The molecule has 5 heteroatoms. The number of ether oxygens (including phenoxy) is 2. The molecule has 25 heavy (non-hydrogen) atoms. The quantitative estimate of drug-likeness (QED) is 0.613. The van der Waals surface area contributed by atoms with Crippen molar-refractivity contribution < 1.29 is 9.47 Å². The number of hydrogen-bond acceptors (Lipinski definition) is 3. The molecule has 1 aromatic rings. The van der Waals surface area contributed by atoms with Crippen LogP contribution in [-0.4, -0.2) is 38.9 Å². The number of guanidine groups is 1. The molecule has 1 aliphatic heterocycles. The zero-order valence-corrected chi connectivity index (χ0v) is 16.3. The first-order chi connectivity index (χ1) is 11.9. The molecule has 1 atom stereocenters. The first kappa shape index (κ1) is 19.6. The van der Waals surface area contributed by atoms with E-state index in [9.17, 15) is 0 Å². The third kappa shape index (κ3) is 6.94. The van der Waals surface area contributed by atoms with E-state index < -0.39 is 0 Å². The van der Waals surface area contributed by atoms with Gasteiger partial charge >= 0.3 is 0 Å². The van der Waals surface area contributed by atoms with Crippen molar-refractivity contribution in [1.29, 1.82) is 0 Å². The van der Waals surface area contributed by atoms with Crippen LogP contribution >= 0.6 is 0 Å². The highest BCUT2D eigenvalue weighted by molar-refractivity contribution is 5.79. The molecule has 0 aromatic heterocycles. The van der Waals surface area contributed by atoms with E-state index in [-0.39, 0.29) is 6.10 Å². The molecule has 0 saturated carbocycles. The van der Waals surface area contributed by atoms with Crippen LogP contribution in [0.4, 0.5) is 0 Å². The minimum atomic E-state index is 0.157. The van der Waals surface area contributed by atoms with E-state index in [1.165, 1.54) is 5.56 Å². The van der Waals surface area contributed by atoms with Gasteiger partial charge in [-0.15, -0.1) is 0 Å². The fourth-order valence-electron chi connectivity index (χ4n) is 2.66. The molecule has 0 bridgehead atoms. The first-order valence-electron chi connectivity index (χ1n) is 9.16. The van der Waals surface area contributed by atoms with Crippen molar-refractivity contribution in [3.05, 3.63) is 29.3 Å². The second kappa shape index (κ2) is 9.09. The molecule has 1 fully saturated rings. The SMILES string of the molecule is CN=C(NCCC(C)(C)C)NCc1ccc(C)cc1OC1CCOC1. The van der Waals surface area contributed by atoms with Gasteiger partial charge in [-0.3, -0.25) is 4.99 Å². The van der Waals surface area contributed by atoms with E-state index in [4.69, 9.17) is 9.47 Å². The molecule has 5 nitrogen and oxygen atoms in total. The van der Waals surface area contributed by atoms with E-state index in [0.29, 0.717) is 18.6 Å². The Bertz CT molecular complexity index is 573. The summed E-state index contributed by atoms with van der Waals surface area (Å²) >= 11 is 0. The van der Waals surface area contributed by atoms with Crippen LogP contribution in [0.2, 0.25) is 0 Å². The normalized spacial score (nSPS) is 18.3. The largest absolute Gasteiger partial charge is 0.488 e. The smallest absolute Gasteiger partial charge is 0.191 e. The molecule has 0 aliphatic carbocycles. The Morgan fingerprint density at radius 3 is 2.76 bits per heavy atom. The number of aryl methyl sites for hydroxylation is 1. The second-order valence-electron chi connectivity index (χ2n) is 7.88. The number of aliphatic imine (C=N–C) groups is 1. The van der Waals surface area contributed by atoms with E-state index in [0.717, 1.165) is 43.3 Å². The lowest BCUT2D eigenvalue weighted by Crippen LogP contribution is -2.38. The maximum absolute atomic E-state index is 6.15. The minimum Gasteiger partial charge on any atom is -0.488 e. The van der Waals surface area contributed by atoms with Gasteiger partial charge < -0.3 is 20.1 Å². The van der Waals surface area contributed by atoms with Gasteiger partial charge in [-0.25, -0.2) is 0 Å². The maximum Gasteiger partial charge on any atom is 0.191 e. The van der Waals surface area contributed by atoms with E-state index >= 15 is 0 Å². The summed E-state index contributed by atoms with van der Waals surface area (Å²) in [6.45, 7) is 11.9. The lowest BCUT2D eigenvalue weighted by atomic mass is 9.92. The molecule has 0 spiro atoms. The Labute approximate surface area is 152 Å². The average Bonchev–Trinajstić information content (AvgIpc) is 3.04. The Balaban J connectivity index is 1.92. The molecule has 0 amide bonds. The highest BCUT2D eigenvalue weighted by atomic mass is 16.5. The van der Waals surface area contributed by atoms with E-state index in [1.54, 1.807) is 7.05 Å². The molecule has 0 radical (unpaired) electrons. The van der Waals surface area contributed by atoms with Crippen molar-refractivity contribution in [2.75, 3.05) is 26.8 Å². The van der Waals surface area contributed by atoms with Gasteiger partial charge in [0, 0.05) is 32.1 Å². The van der Waals surface area contributed by atoms with Gasteiger partial charge in [-0.05, 0) is 30.4 Å². The standard InChI is InChI=1S/C20H33N3O2/c1-15-6-7-16(18(12-15)25-17-8-11-24-14-17)13-23-19(21-5)22-10-9-20(2,3)4/h6-7,12,17H,8-11,13-14H2,1-5H3,(H2,21,22,23). The summed E-state index contributed by atoms with van der Waals surface area (Å²) < 4.78 is 11.6. The molecule has 1 saturated heterocycles. The molecular weight excluding hydrogens is 314 g/mol. The molecule has 1 unspecified atom stereocenters. The van der Waals surface area contributed by atoms with Gasteiger partial charge in [-0.2, -0.15) is 0 Å². The lowest BCUT2D eigenvalue weighted by Gasteiger charge is -2.20. The predicted molar refractivity (Wildman–Crippen MR) is 103 cm³/mol. The fraction of sp³-hybridized carbons (Fsp3) is 0.650. The molecule has 2 rings (SSSR count). The van der Waals surface area contributed by atoms with Crippen LogP contribution in [0.25, 0.3) is 0 Å². The summed E-state index contributed by atoms with van der Waals surface area (Å²) in [5.74, 6) is 1.76. The van der Waals surface area contributed by atoms with Crippen LogP contribution in [0.3, 0.4) is 0 Å². The highest BCUT2D eigenvalue weighted by Crippen LogP contribution is 2.23. The van der Waals surface area contributed by atoms with Gasteiger partial charge in [0.1, 0.15) is 11.9 Å². The number of hydrogen-bond donors (Lipinski definition) is 2. The minimum absolute atomic E-state index is 0.157. The zero-order valence-electron chi connectivity index (χ0n) is 16.3. The van der Waals surface area contributed by atoms with Gasteiger partial charge in [0.15, 0.2) is 5.96 Å². The third-order valence-electron chi connectivity index (χ3n) is 4.24. The van der Waals surface area contributed by atoms with Crippen molar-refractivity contribution in [1.82, 2.24) is 10.6 Å². The average molecular weight is 348 g/mol. The lowest BCUT2D eigenvalue weighted by molar-refractivity contribution is 0.140. The Hall–Kier alpha value is -1.75. The molecule has 1 aromatic carbocycles. The number of nitrogens with zero attached hydrogens (tertiary/aromatic N) is 1. The number of rotatable bonds is 6. The topological polar surface area (TPSA) is 54.9 Å². The van der Waals surface area contributed by atoms with E-state index in [1.807, 2.05) is 0 Å². The second-order valence-corrected chi connectivity index (χ2v) is 7.88. The van der Waals surface area contributed by atoms with Crippen molar-refractivity contribution in [2.45, 2.75) is 53.2 Å². The van der Waals surface area contributed by atoms with Crippen LogP contribution in [0.5, 0.6) is 5.75 Å². The van der Waals surface area contributed by atoms with Crippen LogP contribution in [-0.2, 0) is 11.3 Å². The molecule has 140 valence electrons. The van der Waals surface area contributed by atoms with Gasteiger partial charge in [0.05, 0.1) is 13.2 Å². The Morgan fingerprint density at radius 1 is 1.32 bits per heavy atom.